The van der Waals surface area contributed by atoms with Gasteiger partial charge in [0.05, 0.1) is 0 Å². The molecule has 0 amide bonds. The van der Waals surface area contributed by atoms with Gasteiger partial charge in [-0.1, -0.05) is 31.7 Å². The Morgan fingerprint density at radius 2 is 1.97 bits per heavy atom. The summed E-state index contributed by atoms with van der Waals surface area (Å²) in [6.07, 6.45) is 11.3. The first-order valence-electron chi connectivity index (χ1n) is 11.3. The monoisotopic (exact) mass is 542 g/mol. The van der Waals surface area contributed by atoms with Gasteiger partial charge in [0.25, 0.3) is 0 Å². The molecule has 1 aliphatic carbocycles. The Hall–Kier alpha value is -1.16. The van der Waals surface area contributed by atoms with E-state index in [0.29, 0.717) is 6.54 Å². The van der Waals surface area contributed by atoms with E-state index in [2.05, 4.69) is 49.8 Å². The van der Waals surface area contributed by atoms with Crippen molar-refractivity contribution in [3.63, 3.8) is 0 Å². The molecule has 0 atom stereocenters. The first kappa shape index (κ1) is 23.5. The number of rotatable bonds is 6. The number of fused-ring (bicyclic) bond motifs is 1. The van der Waals surface area contributed by atoms with Crippen molar-refractivity contribution >= 4 is 41.3 Å². The van der Waals surface area contributed by atoms with Gasteiger partial charge in [-0.3, -0.25) is 0 Å². The lowest BCUT2D eigenvalue weighted by molar-refractivity contribution is 0.296. The van der Waals surface area contributed by atoms with Gasteiger partial charge in [-0.25, -0.2) is 4.99 Å². The lowest BCUT2D eigenvalue weighted by Gasteiger charge is -2.37. The van der Waals surface area contributed by atoms with Gasteiger partial charge in [0, 0.05) is 36.3 Å². The Bertz CT molecular complexity index is 795. The van der Waals surface area contributed by atoms with Crippen LogP contribution in [0.1, 0.15) is 74.8 Å². The highest BCUT2D eigenvalue weighted by Gasteiger charge is 2.34. The first-order chi connectivity index (χ1) is 14.3. The zero-order chi connectivity index (χ0) is 19.9. The summed E-state index contributed by atoms with van der Waals surface area (Å²) in [5.41, 5.74) is 0.245. The van der Waals surface area contributed by atoms with E-state index in [1.807, 2.05) is 11.3 Å². The van der Waals surface area contributed by atoms with Gasteiger partial charge in [0.2, 0.25) is 0 Å². The number of aliphatic imine (C=N–C) groups is 1. The molecule has 0 spiro atoms. The fraction of sp³-hybridized carbons (Fsp3) is 0.682. The number of hydrogen-bond acceptors (Lipinski definition) is 4. The van der Waals surface area contributed by atoms with E-state index in [4.69, 9.17) is 4.99 Å². The number of halogens is 1. The van der Waals surface area contributed by atoms with Gasteiger partial charge >= 0.3 is 0 Å². The van der Waals surface area contributed by atoms with E-state index in [1.165, 1.54) is 56.2 Å². The van der Waals surface area contributed by atoms with Crippen molar-refractivity contribution in [2.75, 3.05) is 13.1 Å². The molecule has 166 valence electrons. The lowest BCUT2D eigenvalue weighted by Crippen LogP contribution is -2.46. The molecular weight excluding hydrogens is 507 g/mol. The second-order valence-electron chi connectivity index (χ2n) is 8.36. The average molecular weight is 543 g/mol. The molecule has 0 aromatic carbocycles. The molecule has 3 heterocycles. The number of aryl methyl sites for hydroxylation is 1. The van der Waals surface area contributed by atoms with E-state index < -0.39 is 0 Å². The third-order valence-corrected chi connectivity index (χ3v) is 7.47. The van der Waals surface area contributed by atoms with Crippen LogP contribution in [0, 0.1) is 0 Å². The van der Waals surface area contributed by atoms with Crippen LogP contribution in [-0.2, 0) is 24.9 Å². The lowest BCUT2D eigenvalue weighted by atomic mass is 9.73. The summed E-state index contributed by atoms with van der Waals surface area (Å²) in [5.74, 6) is 3.01. The van der Waals surface area contributed by atoms with Crippen molar-refractivity contribution in [2.24, 2.45) is 4.99 Å². The molecular formula is C22H35IN6S. The fourth-order valence-corrected chi connectivity index (χ4v) is 5.71. The molecule has 0 radical (unpaired) electrons. The van der Waals surface area contributed by atoms with Crippen LogP contribution in [0.15, 0.2) is 22.5 Å². The summed E-state index contributed by atoms with van der Waals surface area (Å²) in [4.78, 5) is 6.38. The Morgan fingerprint density at radius 3 is 2.73 bits per heavy atom. The van der Waals surface area contributed by atoms with E-state index in [0.717, 1.165) is 43.7 Å². The van der Waals surface area contributed by atoms with Crippen molar-refractivity contribution in [3.8, 4) is 0 Å². The highest BCUT2D eigenvalue weighted by molar-refractivity contribution is 14.0. The number of thiophene rings is 1. The topological polar surface area (TPSA) is 67.1 Å². The SMILES string of the molecule is CCNC(=NCc1nnc2n1CCCCC2)NCC1(c2cccs2)CCCCC1.I. The van der Waals surface area contributed by atoms with Gasteiger partial charge in [0.15, 0.2) is 11.8 Å². The molecule has 1 fully saturated rings. The zero-order valence-corrected chi connectivity index (χ0v) is 21.2. The van der Waals surface area contributed by atoms with Gasteiger partial charge < -0.3 is 15.2 Å². The summed E-state index contributed by atoms with van der Waals surface area (Å²) in [7, 11) is 0. The Morgan fingerprint density at radius 1 is 1.13 bits per heavy atom. The van der Waals surface area contributed by atoms with E-state index >= 15 is 0 Å². The molecule has 4 rings (SSSR count). The van der Waals surface area contributed by atoms with Crippen LogP contribution in [-0.4, -0.2) is 33.8 Å². The molecule has 2 aromatic heterocycles. The quantitative estimate of drug-likeness (QED) is 0.317. The van der Waals surface area contributed by atoms with Crippen LogP contribution in [0.4, 0.5) is 0 Å². The molecule has 2 N–H and O–H groups in total. The van der Waals surface area contributed by atoms with Crippen molar-refractivity contribution in [2.45, 2.75) is 83.2 Å². The first-order valence-corrected chi connectivity index (χ1v) is 12.2. The zero-order valence-electron chi connectivity index (χ0n) is 18.0. The highest BCUT2D eigenvalue weighted by Crippen LogP contribution is 2.41. The summed E-state index contributed by atoms with van der Waals surface area (Å²) < 4.78 is 2.29. The summed E-state index contributed by atoms with van der Waals surface area (Å²) >= 11 is 1.90. The van der Waals surface area contributed by atoms with Crippen LogP contribution in [0.3, 0.4) is 0 Å². The predicted molar refractivity (Wildman–Crippen MR) is 135 cm³/mol. The minimum Gasteiger partial charge on any atom is -0.357 e. The van der Waals surface area contributed by atoms with Crippen molar-refractivity contribution in [1.82, 2.24) is 25.4 Å². The second-order valence-corrected chi connectivity index (χ2v) is 9.31. The average Bonchev–Trinajstić information content (AvgIpc) is 3.37. The predicted octanol–water partition coefficient (Wildman–Crippen LogP) is 4.64. The van der Waals surface area contributed by atoms with Gasteiger partial charge in [-0.15, -0.1) is 45.5 Å². The molecule has 2 aliphatic rings. The molecule has 1 aliphatic heterocycles. The van der Waals surface area contributed by atoms with Crippen molar-refractivity contribution in [1.29, 1.82) is 0 Å². The second kappa shape index (κ2) is 11.5. The fourth-order valence-electron chi connectivity index (χ4n) is 4.73. The number of guanidine groups is 1. The number of hydrogen-bond donors (Lipinski definition) is 2. The minimum absolute atomic E-state index is 0. The van der Waals surface area contributed by atoms with Crippen molar-refractivity contribution < 1.29 is 0 Å². The van der Waals surface area contributed by atoms with E-state index in [1.54, 1.807) is 0 Å². The maximum Gasteiger partial charge on any atom is 0.191 e. The molecule has 30 heavy (non-hydrogen) atoms. The Balaban J connectivity index is 0.00000256. The Kier molecular flexibility index (Phi) is 8.98. The summed E-state index contributed by atoms with van der Waals surface area (Å²) in [5, 5.41) is 18.1. The Labute approximate surface area is 201 Å². The van der Waals surface area contributed by atoms with Crippen LogP contribution < -0.4 is 10.6 Å². The van der Waals surface area contributed by atoms with Crippen LogP contribution in [0.2, 0.25) is 0 Å². The summed E-state index contributed by atoms with van der Waals surface area (Å²) in [6, 6.07) is 4.50. The van der Waals surface area contributed by atoms with Crippen LogP contribution in [0.25, 0.3) is 0 Å². The highest BCUT2D eigenvalue weighted by atomic mass is 127. The van der Waals surface area contributed by atoms with Gasteiger partial charge in [-0.05, 0) is 44.1 Å². The number of nitrogens with one attached hydrogen (secondary N) is 2. The minimum atomic E-state index is 0. The number of aromatic nitrogens is 3. The molecule has 0 saturated heterocycles. The third kappa shape index (κ3) is 5.55. The van der Waals surface area contributed by atoms with E-state index in [9.17, 15) is 0 Å². The largest absolute Gasteiger partial charge is 0.357 e. The maximum absolute atomic E-state index is 4.87. The van der Waals surface area contributed by atoms with E-state index in [-0.39, 0.29) is 29.4 Å². The molecule has 8 heteroatoms. The smallest absolute Gasteiger partial charge is 0.191 e. The molecule has 1 saturated carbocycles. The number of nitrogens with zero attached hydrogens (tertiary/aromatic N) is 4. The molecule has 0 bridgehead atoms. The normalized spacial score (nSPS) is 18.8. The third-order valence-electron chi connectivity index (χ3n) is 6.36. The van der Waals surface area contributed by atoms with Crippen LogP contribution in [0.5, 0.6) is 0 Å². The molecule has 6 nitrogen and oxygen atoms in total. The van der Waals surface area contributed by atoms with Crippen LogP contribution >= 0.6 is 35.3 Å². The maximum atomic E-state index is 4.87. The molecule has 2 aromatic rings. The van der Waals surface area contributed by atoms with Gasteiger partial charge in [0.1, 0.15) is 12.4 Å². The standard InChI is InChI=1S/C22H34N6S.HI/c1-2-23-21(24-16-20-27-26-19-11-5-3-8-14-28(19)20)25-17-22(12-6-4-7-13-22)18-10-9-15-29-18;/h9-10,15H,2-8,11-14,16-17H2,1H3,(H2,23,24,25);1H. The molecule has 0 unspecified atom stereocenters. The van der Waals surface area contributed by atoms with Crippen molar-refractivity contribution in [3.05, 3.63) is 34.0 Å². The van der Waals surface area contributed by atoms with Gasteiger partial charge in [-0.2, -0.15) is 0 Å². The summed E-state index contributed by atoms with van der Waals surface area (Å²) in [6.45, 7) is 5.52.